The van der Waals surface area contributed by atoms with Crippen molar-refractivity contribution in [3.8, 4) is 34.4 Å². The molecule has 38 heavy (non-hydrogen) atoms. The van der Waals surface area contributed by atoms with Gasteiger partial charge in [-0.2, -0.15) is 4.98 Å². The van der Waals surface area contributed by atoms with Gasteiger partial charge in [-0.3, -0.25) is 4.79 Å². The van der Waals surface area contributed by atoms with E-state index in [4.69, 9.17) is 19.3 Å². The topological polar surface area (TPSA) is 120 Å². The van der Waals surface area contributed by atoms with Crippen LogP contribution in [-0.4, -0.2) is 47.1 Å². The van der Waals surface area contributed by atoms with Gasteiger partial charge in [0.05, 0.1) is 32.6 Å². The van der Waals surface area contributed by atoms with Gasteiger partial charge in [0.15, 0.2) is 17.3 Å². The summed E-state index contributed by atoms with van der Waals surface area (Å²) in [6.07, 6.45) is 0. The summed E-state index contributed by atoms with van der Waals surface area (Å²) in [5.41, 5.74) is 2.96. The van der Waals surface area contributed by atoms with Gasteiger partial charge in [-0.1, -0.05) is 30.3 Å². The zero-order chi connectivity index (χ0) is 26.8. The predicted octanol–water partition coefficient (Wildman–Crippen LogP) is 4.60. The highest BCUT2D eigenvalue weighted by molar-refractivity contribution is 6.06. The fourth-order valence-corrected chi connectivity index (χ4v) is 4.48. The molecule has 4 aromatic rings. The number of nitrogens with one attached hydrogen (secondary N) is 2. The van der Waals surface area contributed by atoms with Crippen LogP contribution in [0.2, 0.25) is 0 Å². The van der Waals surface area contributed by atoms with Crippen LogP contribution in [0.1, 0.15) is 18.5 Å². The molecule has 2 heterocycles. The van der Waals surface area contributed by atoms with E-state index in [1.165, 1.54) is 0 Å². The molecule has 0 saturated heterocycles. The Morgan fingerprint density at radius 1 is 0.947 bits per heavy atom. The summed E-state index contributed by atoms with van der Waals surface area (Å²) in [4.78, 5) is 18.5. The van der Waals surface area contributed by atoms with E-state index in [0.717, 1.165) is 5.56 Å². The first-order chi connectivity index (χ1) is 18.4. The lowest BCUT2D eigenvalue weighted by molar-refractivity contribution is -0.113. The molecule has 0 aliphatic carbocycles. The van der Waals surface area contributed by atoms with E-state index in [2.05, 4.69) is 15.6 Å². The molecule has 5 rings (SSSR count). The minimum Gasteiger partial charge on any atom is -0.508 e. The minimum absolute atomic E-state index is 0.103. The highest BCUT2D eigenvalue weighted by Gasteiger charge is 2.35. The maximum atomic E-state index is 13.8. The normalized spacial score (nSPS) is 14.4. The number of fused-ring (bicyclic) bond motifs is 1. The molecule has 194 valence electrons. The van der Waals surface area contributed by atoms with Crippen molar-refractivity contribution in [2.24, 2.45) is 0 Å². The lowest BCUT2D eigenvalue weighted by atomic mass is 9.94. The quantitative estimate of drug-likeness (QED) is 0.328. The minimum atomic E-state index is -0.653. The van der Waals surface area contributed by atoms with Crippen molar-refractivity contribution in [1.82, 2.24) is 14.8 Å². The Hall–Kier alpha value is -4.99. The number of aromatic hydroxyl groups is 1. The van der Waals surface area contributed by atoms with Crippen molar-refractivity contribution < 1.29 is 24.1 Å². The smallest absolute Gasteiger partial charge is 0.255 e. The molecule has 1 aromatic heterocycles. The van der Waals surface area contributed by atoms with Crippen molar-refractivity contribution in [3.05, 3.63) is 83.6 Å². The number of amides is 1. The van der Waals surface area contributed by atoms with Crippen LogP contribution in [-0.2, 0) is 4.79 Å². The number of carbonyl (C=O) groups excluding carboxylic acids is 1. The molecule has 1 atom stereocenters. The van der Waals surface area contributed by atoms with E-state index in [0.29, 0.717) is 51.5 Å². The third kappa shape index (κ3) is 4.47. The molecule has 1 aliphatic rings. The molecule has 1 unspecified atom stereocenters. The Morgan fingerprint density at radius 3 is 2.45 bits per heavy atom. The summed E-state index contributed by atoms with van der Waals surface area (Å²) >= 11 is 0. The number of phenolic OH excluding ortho intramolecular Hbond substituents is 1. The Kier molecular flexibility index (Phi) is 6.61. The van der Waals surface area contributed by atoms with E-state index in [9.17, 15) is 9.90 Å². The molecule has 0 bridgehead atoms. The number of anilines is 2. The number of hydrogen-bond donors (Lipinski definition) is 3. The Balaban J connectivity index is 1.64. The summed E-state index contributed by atoms with van der Waals surface area (Å²) in [7, 11) is 4.67. The van der Waals surface area contributed by atoms with E-state index in [1.807, 2.05) is 37.3 Å². The van der Waals surface area contributed by atoms with Gasteiger partial charge in [0.25, 0.3) is 5.91 Å². The Bertz CT molecular complexity index is 1540. The van der Waals surface area contributed by atoms with Gasteiger partial charge in [-0.05, 0) is 48.9 Å². The third-order valence-electron chi connectivity index (χ3n) is 6.28. The molecular weight excluding hydrogens is 486 g/mol. The molecule has 10 heteroatoms. The number of phenols is 1. The fourth-order valence-electron chi connectivity index (χ4n) is 4.48. The zero-order valence-electron chi connectivity index (χ0n) is 21.4. The molecule has 3 aromatic carbocycles. The predicted molar refractivity (Wildman–Crippen MR) is 143 cm³/mol. The fraction of sp³-hybridized carbons (Fsp3) is 0.179. The number of methoxy groups -OCH3 is 3. The highest BCUT2D eigenvalue weighted by atomic mass is 16.5. The van der Waals surface area contributed by atoms with Crippen molar-refractivity contribution in [3.63, 3.8) is 0 Å². The van der Waals surface area contributed by atoms with E-state index in [1.54, 1.807) is 62.4 Å². The maximum Gasteiger partial charge on any atom is 0.255 e. The Morgan fingerprint density at radius 2 is 1.71 bits per heavy atom. The SMILES string of the molecule is COc1ccccc1NC(=O)C1=C(C)Nc2nc(-c3cccc(O)c3)nn2C1c1ccc(OC)c(OC)c1. The van der Waals surface area contributed by atoms with E-state index >= 15 is 0 Å². The van der Waals surface area contributed by atoms with Crippen LogP contribution in [0, 0.1) is 0 Å². The van der Waals surface area contributed by atoms with Gasteiger partial charge < -0.3 is 30.0 Å². The van der Waals surface area contributed by atoms with E-state index < -0.39 is 6.04 Å². The lowest BCUT2D eigenvalue weighted by Gasteiger charge is -2.29. The molecule has 10 nitrogen and oxygen atoms in total. The molecule has 0 saturated carbocycles. The van der Waals surface area contributed by atoms with Gasteiger partial charge in [-0.25, -0.2) is 4.68 Å². The first-order valence-corrected chi connectivity index (χ1v) is 11.8. The third-order valence-corrected chi connectivity index (χ3v) is 6.28. The number of aromatic nitrogens is 3. The average Bonchev–Trinajstić information content (AvgIpc) is 3.35. The largest absolute Gasteiger partial charge is 0.508 e. The second kappa shape index (κ2) is 10.2. The van der Waals surface area contributed by atoms with Crippen LogP contribution in [0.15, 0.2) is 78.0 Å². The summed E-state index contributed by atoms with van der Waals surface area (Å²) < 4.78 is 18.0. The molecule has 0 radical (unpaired) electrons. The standard InChI is InChI=1S/C28H27N5O5/c1-16-24(27(35)30-20-10-5-6-11-21(20)36-2)25(17-12-13-22(37-3)23(15-17)38-4)33-28(29-16)31-26(32-33)18-8-7-9-19(34)14-18/h5-15,25,34H,1-4H3,(H,30,35)(H,29,31,32). The van der Waals surface area contributed by atoms with Gasteiger partial charge in [0.1, 0.15) is 17.5 Å². The van der Waals surface area contributed by atoms with Crippen LogP contribution in [0.3, 0.4) is 0 Å². The molecule has 0 spiro atoms. The number of rotatable bonds is 7. The monoisotopic (exact) mass is 513 g/mol. The number of ether oxygens (including phenoxy) is 3. The van der Waals surface area contributed by atoms with Crippen molar-refractivity contribution in [2.45, 2.75) is 13.0 Å². The summed E-state index contributed by atoms with van der Waals surface area (Å²) in [6, 6.07) is 18.7. The first-order valence-electron chi connectivity index (χ1n) is 11.8. The van der Waals surface area contributed by atoms with Gasteiger partial charge in [0, 0.05) is 11.3 Å². The number of nitrogens with zero attached hydrogens (tertiary/aromatic N) is 3. The van der Waals surface area contributed by atoms with E-state index in [-0.39, 0.29) is 11.7 Å². The molecule has 3 N–H and O–H groups in total. The summed E-state index contributed by atoms with van der Waals surface area (Å²) in [5, 5.41) is 20.9. The van der Waals surface area contributed by atoms with Gasteiger partial charge in [0.2, 0.25) is 5.95 Å². The molecule has 0 fully saturated rings. The lowest BCUT2D eigenvalue weighted by Crippen LogP contribution is -2.31. The van der Waals surface area contributed by atoms with Crippen LogP contribution in [0.5, 0.6) is 23.0 Å². The summed E-state index contributed by atoms with van der Waals surface area (Å²) in [5.74, 6) is 2.23. The number of benzene rings is 3. The van der Waals surface area contributed by atoms with Crippen LogP contribution in [0.4, 0.5) is 11.6 Å². The molecular formula is C28H27N5O5. The van der Waals surface area contributed by atoms with Gasteiger partial charge in [-0.15, -0.1) is 5.10 Å². The van der Waals surface area contributed by atoms with Crippen LogP contribution in [0.25, 0.3) is 11.4 Å². The number of para-hydroxylation sites is 2. The first kappa shape index (κ1) is 24.7. The number of allylic oxidation sites excluding steroid dienone is 1. The second-order valence-electron chi connectivity index (χ2n) is 8.59. The van der Waals surface area contributed by atoms with Crippen molar-refractivity contribution >= 4 is 17.5 Å². The Labute approximate surface area is 219 Å². The summed E-state index contributed by atoms with van der Waals surface area (Å²) in [6.45, 7) is 1.82. The number of carbonyl (C=O) groups is 1. The highest BCUT2D eigenvalue weighted by Crippen LogP contribution is 2.40. The zero-order valence-corrected chi connectivity index (χ0v) is 21.4. The van der Waals surface area contributed by atoms with Gasteiger partial charge >= 0.3 is 0 Å². The van der Waals surface area contributed by atoms with Crippen molar-refractivity contribution in [2.75, 3.05) is 32.0 Å². The molecule has 1 aliphatic heterocycles. The maximum absolute atomic E-state index is 13.8. The number of hydrogen-bond acceptors (Lipinski definition) is 8. The molecule has 1 amide bonds. The van der Waals surface area contributed by atoms with Crippen LogP contribution < -0.4 is 24.8 Å². The van der Waals surface area contributed by atoms with Crippen molar-refractivity contribution in [1.29, 1.82) is 0 Å². The average molecular weight is 514 g/mol. The van der Waals surface area contributed by atoms with Crippen LogP contribution >= 0.6 is 0 Å². The second-order valence-corrected chi connectivity index (χ2v) is 8.59.